The Kier molecular flexibility index (Phi) is 4.04. The Bertz CT molecular complexity index is 189. The highest BCUT2D eigenvalue weighted by molar-refractivity contribution is 4.82. The quantitative estimate of drug-likeness (QED) is 0.764. The lowest BCUT2D eigenvalue weighted by Gasteiger charge is -2.39. The summed E-state index contributed by atoms with van der Waals surface area (Å²) in [7, 11) is 2.09. The van der Waals surface area contributed by atoms with E-state index in [1.165, 1.54) is 51.7 Å². The minimum atomic E-state index is 0.689. The van der Waals surface area contributed by atoms with E-state index < -0.39 is 0 Å². The highest BCUT2D eigenvalue weighted by Gasteiger charge is 2.27. The van der Waals surface area contributed by atoms with Crippen molar-refractivity contribution in [2.75, 3.05) is 26.7 Å². The predicted molar refractivity (Wildman–Crippen MR) is 65.0 cm³/mol. The minimum absolute atomic E-state index is 0.689. The van der Waals surface area contributed by atoms with Gasteiger partial charge >= 0.3 is 0 Å². The Morgan fingerprint density at radius 3 is 2.67 bits per heavy atom. The van der Waals surface area contributed by atoms with Crippen LogP contribution in [0.1, 0.15) is 39.0 Å². The van der Waals surface area contributed by atoms with Gasteiger partial charge in [0.15, 0.2) is 0 Å². The molecule has 1 aliphatic heterocycles. The summed E-state index contributed by atoms with van der Waals surface area (Å²) >= 11 is 0. The van der Waals surface area contributed by atoms with Crippen LogP contribution in [0.5, 0.6) is 0 Å². The smallest absolute Gasteiger partial charge is 0.00762 e. The first kappa shape index (κ1) is 11.4. The maximum atomic E-state index is 3.41. The van der Waals surface area contributed by atoms with Gasteiger partial charge in [0.1, 0.15) is 0 Å². The number of piperidine rings is 1. The molecule has 0 radical (unpaired) electrons. The molecule has 1 heterocycles. The minimum Gasteiger partial charge on any atom is -0.317 e. The first-order chi connectivity index (χ1) is 7.29. The SMILES string of the molecule is CNC(C)C1CCCN(CC2CCC2)C1. The third-order valence-corrected chi connectivity index (χ3v) is 4.45. The van der Waals surface area contributed by atoms with E-state index in [1.807, 2.05) is 0 Å². The van der Waals surface area contributed by atoms with Crippen molar-refractivity contribution in [1.82, 2.24) is 10.2 Å². The molecular weight excluding hydrogens is 184 g/mol. The fraction of sp³-hybridized carbons (Fsp3) is 1.00. The van der Waals surface area contributed by atoms with Crippen LogP contribution in [0.4, 0.5) is 0 Å². The van der Waals surface area contributed by atoms with Gasteiger partial charge in [-0.1, -0.05) is 6.42 Å². The Balaban J connectivity index is 1.75. The summed E-state index contributed by atoms with van der Waals surface area (Å²) < 4.78 is 0. The Hall–Kier alpha value is -0.0800. The number of nitrogens with one attached hydrogen (secondary N) is 1. The molecule has 0 amide bonds. The average molecular weight is 210 g/mol. The van der Waals surface area contributed by atoms with Crippen LogP contribution < -0.4 is 5.32 Å². The second-order valence-corrected chi connectivity index (χ2v) is 5.54. The predicted octanol–water partition coefficient (Wildman–Crippen LogP) is 2.11. The van der Waals surface area contributed by atoms with E-state index in [0.29, 0.717) is 6.04 Å². The Labute approximate surface area is 94.4 Å². The Morgan fingerprint density at radius 1 is 1.27 bits per heavy atom. The highest BCUT2D eigenvalue weighted by Crippen LogP contribution is 2.29. The average Bonchev–Trinajstić information content (AvgIpc) is 2.23. The maximum absolute atomic E-state index is 3.41. The van der Waals surface area contributed by atoms with E-state index >= 15 is 0 Å². The summed E-state index contributed by atoms with van der Waals surface area (Å²) in [5, 5.41) is 3.41. The van der Waals surface area contributed by atoms with Crippen molar-refractivity contribution in [1.29, 1.82) is 0 Å². The molecule has 2 aliphatic rings. The summed E-state index contributed by atoms with van der Waals surface area (Å²) in [4.78, 5) is 2.71. The molecule has 1 saturated heterocycles. The third kappa shape index (κ3) is 2.94. The number of rotatable bonds is 4. The molecular formula is C13H26N2. The van der Waals surface area contributed by atoms with Gasteiger partial charge in [-0.05, 0) is 58.0 Å². The first-order valence-corrected chi connectivity index (χ1v) is 6.69. The first-order valence-electron chi connectivity index (χ1n) is 6.69. The molecule has 2 atom stereocenters. The third-order valence-electron chi connectivity index (χ3n) is 4.45. The topological polar surface area (TPSA) is 15.3 Å². The zero-order chi connectivity index (χ0) is 10.7. The van der Waals surface area contributed by atoms with E-state index in [4.69, 9.17) is 0 Å². The standard InChI is InChI=1S/C13H26N2/c1-11(14-2)13-7-4-8-15(10-13)9-12-5-3-6-12/h11-14H,3-10H2,1-2H3. The van der Waals surface area contributed by atoms with E-state index in [-0.39, 0.29) is 0 Å². The molecule has 2 fully saturated rings. The molecule has 0 bridgehead atoms. The number of nitrogens with zero attached hydrogens (tertiary/aromatic N) is 1. The molecule has 1 N–H and O–H groups in total. The van der Waals surface area contributed by atoms with Crippen LogP contribution in [0, 0.1) is 11.8 Å². The molecule has 0 spiro atoms. The van der Waals surface area contributed by atoms with Crippen LogP contribution in [0.15, 0.2) is 0 Å². The van der Waals surface area contributed by atoms with Crippen molar-refractivity contribution in [3.05, 3.63) is 0 Å². The lowest BCUT2D eigenvalue weighted by molar-refractivity contribution is 0.112. The lowest BCUT2D eigenvalue weighted by atomic mass is 9.84. The van der Waals surface area contributed by atoms with Crippen LogP contribution in [0.25, 0.3) is 0 Å². The van der Waals surface area contributed by atoms with Crippen molar-refractivity contribution in [3.63, 3.8) is 0 Å². The van der Waals surface area contributed by atoms with E-state index in [1.54, 1.807) is 0 Å². The van der Waals surface area contributed by atoms with Crippen molar-refractivity contribution >= 4 is 0 Å². The van der Waals surface area contributed by atoms with E-state index in [2.05, 4.69) is 24.2 Å². The number of hydrogen-bond donors (Lipinski definition) is 1. The summed E-state index contributed by atoms with van der Waals surface area (Å²) in [5.74, 6) is 1.91. The van der Waals surface area contributed by atoms with Gasteiger partial charge in [0, 0.05) is 19.1 Å². The van der Waals surface area contributed by atoms with Crippen molar-refractivity contribution in [2.24, 2.45) is 11.8 Å². The van der Waals surface area contributed by atoms with Crippen molar-refractivity contribution in [3.8, 4) is 0 Å². The van der Waals surface area contributed by atoms with Crippen LogP contribution in [0.2, 0.25) is 0 Å². The van der Waals surface area contributed by atoms with Crippen LogP contribution in [-0.4, -0.2) is 37.6 Å². The second-order valence-electron chi connectivity index (χ2n) is 5.54. The normalized spacial score (nSPS) is 31.2. The van der Waals surface area contributed by atoms with Gasteiger partial charge in [-0.2, -0.15) is 0 Å². The van der Waals surface area contributed by atoms with Gasteiger partial charge in [0.2, 0.25) is 0 Å². The van der Waals surface area contributed by atoms with Crippen LogP contribution >= 0.6 is 0 Å². The van der Waals surface area contributed by atoms with Gasteiger partial charge in [-0.3, -0.25) is 0 Å². The van der Waals surface area contributed by atoms with Gasteiger partial charge in [-0.25, -0.2) is 0 Å². The molecule has 15 heavy (non-hydrogen) atoms. The molecule has 2 heteroatoms. The van der Waals surface area contributed by atoms with Crippen molar-refractivity contribution < 1.29 is 0 Å². The second kappa shape index (κ2) is 5.31. The Morgan fingerprint density at radius 2 is 2.07 bits per heavy atom. The van der Waals surface area contributed by atoms with Gasteiger partial charge in [-0.15, -0.1) is 0 Å². The lowest BCUT2D eigenvalue weighted by Crippen LogP contribution is -2.45. The molecule has 2 rings (SSSR count). The summed E-state index contributed by atoms with van der Waals surface area (Å²) in [6.07, 6.45) is 7.28. The zero-order valence-corrected chi connectivity index (χ0v) is 10.3. The van der Waals surface area contributed by atoms with Crippen LogP contribution in [-0.2, 0) is 0 Å². The molecule has 2 nitrogen and oxygen atoms in total. The maximum Gasteiger partial charge on any atom is 0.00762 e. The summed E-state index contributed by atoms with van der Waals surface area (Å²) in [6, 6.07) is 0.689. The largest absolute Gasteiger partial charge is 0.317 e. The monoisotopic (exact) mass is 210 g/mol. The van der Waals surface area contributed by atoms with E-state index in [9.17, 15) is 0 Å². The fourth-order valence-corrected chi connectivity index (χ4v) is 2.94. The van der Waals surface area contributed by atoms with Crippen LogP contribution in [0.3, 0.4) is 0 Å². The molecule has 0 aromatic rings. The van der Waals surface area contributed by atoms with E-state index in [0.717, 1.165) is 11.8 Å². The number of likely N-dealkylation sites (tertiary alicyclic amines) is 1. The molecule has 88 valence electrons. The highest BCUT2D eigenvalue weighted by atomic mass is 15.1. The molecule has 0 aromatic carbocycles. The molecule has 1 saturated carbocycles. The number of hydrogen-bond acceptors (Lipinski definition) is 2. The van der Waals surface area contributed by atoms with Gasteiger partial charge in [0.05, 0.1) is 0 Å². The summed E-state index contributed by atoms with van der Waals surface area (Å²) in [5.41, 5.74) is 0. The molecule has 2 unspecified atom stereocenters. The summed E-state index contributed by atoms with van der Waals surface area (Å²) in [6.45, 7) is 6.40. The van der Waals surface area contributed by atoms with Gasteiger partial charge in [0.25, 0.3) is 0 Å². The molecule has 0 aromatic heterocycles. The molecule has 1 aliphatic carbocycles. The fourth-order valence-electron chi connectivity index (χ4n) is 2.94. The van der Waals surface area contributed by atoms with Crippen molar-refractivity contribution in [2.45, 2.75) is 45.1 Å². The van der Waals surface area contributed by atoms with Gasteiger partial charge < -0.3 is 10.2 Å². The zero-order valence-electron chi connectivity index (χ0n) is 10.3.